The molecule has 3 N–H and O–H groups in total. The second-order valence-electron chi connectivity index (χ2n) is 6.84. The van der Waals surface area contributed by atoms with Crippen LogP contribution in [0.4, 0.5) is 5.82 Å². The lowest BCUT2D eigenvalue weighted by molar-refractivity contribution is 0.214. The van der Waals surface area contributed by atoms with Crippen LogP contribution in [0, 0.1) is 11.3 Å². The molecule has 2 fully saturated rings. The first-order valence-corrected chi connectivity index (χ1v) is 9.18. The molecule has 0 unspecified atom stereocenters. The smallest absolute Gasteiger partial charge is 0.276 e. The van der Waals surface area contributed by atoms with Gasteiger partial charge in [-0.3, -0.25) is 0 Å². The van der Waals surface area contributed by atoms with E-state index in [2.05, 4.69) is 26.8 Å². The molecule has 4 rings (SSSR count). The molecule has 2 aliphatic rings. The van der Waals surface area contributed by atoms with Gasteiger partial charge in [0.15, 0.2) is 0 Å². The van der Waals surface area contributed by atoms with E-state index in [-0.39, 0.29) is 5.41 Å². The summed E-state index contributed by atoms with van der Waals surface area (Å²) in [6.45, 7) is 4.75. The highest BCUT2D eigenvalue weighted by Crippen LogP contribution is 2.43. The second kappa shape index (κ2) is 4.89. The average molecular weight is 336 g/mol. The van der Waals surface area contributed by atoms with E-state index >= 15 is 0 Å². The number of aromatic amines is 1. The predicted octanol–water partition coefficient (Wildman–Crippen LogP) is 0.310. The number of nitrogens with zero attached hydrogens (tertiary/aromatic N) is 4. The fourth-order valence-electron chi connectivity index (χ4n) is 3.99. The summed E-state index contributed by atoms with van der Waals surface area (Å²) >= 11 is 0. The van der Waals surface area contributed by atoms with Crippen LogP contribution < -0.4 is 10.0 Å². The van der Waals surface area contributed by atoms with Crippen molar-refractivity contribution in [2.75, 3.05) is 31.1 Å². The van der Waals surface area contributed by atoms with Gasteiger partial charge in [-0.1, -0.05) is 6.92 Å². The minimum atomic E-state index is -3.62. The number of nitrogens with two attached hydrogens (primary N) is 1. The van der Waals surface area contributed by atoms with E-state index in [0.717, 1.165) is 36.4 Å². The molecule has 124 valence electrons. The van der Waals surface area contributed by atoms with E-state index in [1.54, 1.807) is 6.33 Å². The van der Waals surface area contributed by atoms with Gasteiger partial charge in [0.2, 0.25) is 0 Å². The zero-order chi connectivity index (χ0) is 16.2. The first-order valence-electron chi connectivity index (χ1n) is 7.68. The van der Waals surface area contributed by atoms with Gasteiger partial charge in [-0.25, -0.2) is 15.1 Å². The first kappa shape index (κ1) is 14.9. The number of nitrogens with one attached hydrogen (secondary N) is 1. The Bertz CT molecular complexity index is 850. The average Bonchev–Trinajstić information content (AvgIpc) is 3.08. The lowest BCUT2D eigenvalue weighted by atomic mass is 9.75. The molecule has 2 saturated heterocycles. The maximum atomic E-state index is 11.7. The lowest BCUT2D eigenvalue weighted by Crippen LogP contribution is -2.47. The van der Waals surface area contributed by atoms with Crippen molar-refractivity contribution >= 4 is 27.1 Å². The van der Waals surface area contributed by atoms with E-state index in [9.17, 15) is 8.42 Å². The van der Waals surface area contributed by atoms with Gasteiger partial charge in [0.25, 0.3) is 10.2 Å². The van der Waals surface area contributed by atoms with Gasteiger partial charge < -0.3 is 9.88 Å². The van der Waals surface area contributed by atoms with Crippen molar-refractivity contribution in [1.29, 1.82) is 0 Å². The Balaban J connectivity index is 1.64. The van der Waals surface area contributed by atoms with Crippen LogP contribution in [-0.2, 0) is 10.2 Å². The van der Waals surface area contributed by atoms with Gasteiger partial charge in [-0.15, -0.1) is 0 Å². The van der Waals surface area contributed by atoms with Crippen molar-refractivity contribution in [2.45, 2.75) is 13.3 Å². The molecular formula is C14H20N6O2S. The summed E-state index contributed by atoms with van der Waals surface area (Å²) < 4.78 is 24.8. The van der Waals surface area contributed by atoms with Crippen LogP contribution in [0.2, 0.25) is 0 Å². The third-order valence-electron chi connectivity index (χ3n) is 5.24. The van der Waals surface area contributed by atoms with Gasteiger partial charge in [-0.2, -0.15) is 12.7 Å². The van der Waals surface area contributed by atoms with Crippen LogP contribution >= 0.6 is 0 Å². The Hall–Kier alpha value is -1.71. The zero-order valence-electron chi connectivity index (χ0n) is 12.9. The van der Waals surface area contributed by atoms with Crippen LogP contribution in [0.3, 0.4) is 0 Å². The van der Waals surface area contributed by atoms with Crippen molar-refractivity contribution in [2.24, 2.45) is 16.5 Å². The van der Waals surface area contributed by atoms with Crippen LogP contribution in [0.1, 0.15) is 13.3 Å². The van der Waals surface area contributed by atoms with Crippen LogP contribution in [-0.4, -0.2) is 53.9 Å². The van der Waals surface area contributed by atoms with Gasteiger partial charge in [0.1, 0.15) is 17.8 Å². The fourth-order valence-corrected chi connectivity index (χ4v) is 4.86. The van der Waals surface area contributed by atoms with Gasteiger partial charge in [0, 0.05) is 37.8 Å². The Kier molecular flexibility index (Phi) is 3.16. The van der Waals surface area contributed by atoms with Crippen molar-refractivity contribution in [3.63, 3.8) is 0 Å². The molecule has 23 heavy (non-hydrogen) atoms. The first-order chi connectivity index (χ1) is 10.9. The molecule has 8 nitrogen and oxygen atoms in total. The SMILES string of the molecule is C[C@@]12CN(c3ncnc4[nH]ccc34)CC[C@@H]1CN(S(N)(=O)=O)C2. The number of H-pyrrole nitrogens is 1. The predicted molar refractivity (Wildman–Crippen MR) is 87.0 cm³/mol. The molecule has 2 aromatic rings. The normalized spacial score (nSPS) is 29.1. The molecule has 0 bridgehead atoms. The van der Waals surface area contributed by atoms with Crippen molar-refractivity contribution in [3.05, 3.63) is 18.6 Å². The molecule has 0 amide bonds. The van der Waals surface area contributed by atoms with E-state index in [4.69, 9.17) is 5.14 Å². The number of aromatic nitrogens is 3. The Labute approximate surface area is 134 Å². The van der Waals surface area contributed by atoms with Crippen molar-refractivity contribution in [3.8, 4) is 0 Å². The summed E-state index contributed by atoms with van der Waals surface area (Å²) in [4.78, 5) is 14.0. The number of hydrogen-bond acceptors (Lipinski definition) is 5. The van der Waals surface area contributed by atoms with Gasteiger partial charge >= 0.3 is 0 Å². The highest BCUT2D eigenvalue weighted by molar-refractivity contribution is 7.86. The monoisotopic (exact) mass is 336 g/mol. The Morgan fingerprint density at radius 1 is 1.39 bits per heavy atom. The Morgan fingerprint density at radius 3 is 3.00 bits per heavy atom. The minimum Gasteiger partial charge on any atom is -0.355 e. The standard InChI is InChI=1S/C14H20N6O2S/c1-14-7-19(13-11-2-4-16-12(11)17-9-18-13)5-3-10(14)6-20(8-14)23(15,21)22/h2,4,9-10H,3,5-8H2,1H3,(H2,15,21,22)(H,16,17,18)/t10-,14+/m1/s1. The molecule has 0 aromatic carbocycles. The van der Waals surface area contributed by atoms with E-state index in [1.807, 2.05) is 12.3 Å². The van der Waals surface area contributed by atoms with E-state index < -0.39 is 10.2 Å². The molecule has 0 saturated carbocycles. The van der Waals surface area contributed by atoms with E-state index in [1.165, 1.54) is 4.31 Å². The summed E-state index contributed by atoms with van der Waals surface area (Å²) in [5.74, 6) is 1.24. The quantitative estimate of drug-likeness (QED) is 0.820. The molecule has 2 atom stereocenters. The molecule has 2 aromatic heterocycles. The number of rotatable bonds is 2. The summed E-state index contributed by atoms with van der Waals surface area (Å²) in [7, 11) is -3.62. The molecule has 0 spiro atoms. The molecule has 0 radical (unpaired) electrons. The molecular weight excluding hydrogens is 316 g/mol. The fraction of sp³-hybridized carbons (Fsp3) is 0.571. The van der Waals surface area contributed by atoms with E-state index in [0.29, 0.717) is 19.0 Å². The summed E-state index contributed by atoms with van der Waals surface area (Å²) in [5, 5.41) is 6.32. The topological polar surface area (TPSA) is 108 Å². The maximum absolute atomic E-state index is 11.7. The number of piperidine rings is 1. The zero-order valence-corrected chi connectivity index (χ0v) is 13.8. The highest BCUT2D eigenvalue weighted by Gasteiger charge is 2.49. The van der Waals surface area contributed by atoms with Gasteiger partial charge in [-0.05, 0) is 18.4 Å². The van der Waals surface area contributed by atoms with Crippen molar-refractivity contribution in [1.82, 2.24) is 19.3 Å². The summed E-state index contributed by atoms with van der Waals surface area (Å²) in [5.41, 5.74) is 0.706. The highest BCUT2D eigenvalue weighted by atomic mass is 32.2. The maximum Gasteiger partial charge on any atom is 0.276 e. The van der Waals surface area contributed by atoms with Crippen molar-refractivity contribution < 1.29 is 8.42 Å². The molecule has 0 aliphatic carbocycles. The third-order valence-corrected chi connectivity index (χ3v) is 6.24. The number of hydrogen-bond donors (Lipinski definition) is 2. The second-order valence-corrected chi connectivity index (χ2v) is 8.38. The Morgan fingerprint density at radius 2 is 2.22 bits per heavy atom. The molecule has 9 heteroatoms. The van der Waals surface area contributed by atoms with Gasteiger partial charge in [0.05, 0.1) is 5.39 Å². The molecule has 4 heterocycles. The van der Waals surface area contributed by atoms with Crippen LogP contribution in [0.5, 0.6) is 0 Å². The molecule has 2 aliphatic heterocycles. The summed E-state index contributed by atoms with van der Waals surface area (Å²) in [6.07, 6.45) is 4.35. The lowest BCUT2D eigenvalue weighted by Gasteiger charge is -2.42. The minimum absolute atomic E-state index is 0.113. The number of fused-ring (bicyclic) bond motifs is 2. The van der Waals surface area contributed by atoms with Crippen LogP contribution in [0.25, 0.3) is 11.0 Å². The summed E-state index contributed by atoms with van der Waals surface area (Å²) in [6, 6.07) is 1.98. The largest absolute Gasteiger partial charge is 0.355 e. The van der Waals surface area contributed by atoms with Crippen LogP contribution in [0.15, 0.2) is 18.6 Å². The number of anilines is 1. The third kappa shape index (κ3) is 2.39.